The average molecular weight is 293 g/mol. The molecule has 0 saturated carbocycles. The minimum atomic E-state index is 0.292. The van der Waals surface area contributed by atoms with Crippen molar-refractivity contribution in [2.45, 2.75) is 19.2 Å². The summed E-state index contributed by atoms with van der Waals surface area (Å²) < 4.78 is 8.05. The van der Waals surface area contributed by atoms with Gasteiger partial charge in [0.2, 0.25) is 0 Å². The summed E-state index contributed by atoms with van der Waals surface area (Å²) in [6, 6.07) is 19.1. The predicted molar refractivity (Wildman–Crippen MR) is 86.6 cm³/mol. The second-order valence-electron chi connectivity index (χ2n) is 5.67. The lowest BCUT2D eigenvalue weighted by Gasteiger charge is -2.26. The lowest BCUT2D eigenvalue weighted by molar-refractivity contribution is 0.0564. The Hall–Kier alpha value is -2.17. The second kappa shape index (κ2) is 5.91. The highest BCUT2D eigenvalue weighted by atomic mass is 16.5. The molecule has 1 atom stereocenters. The summed E-state index contributed by atoms with van der Waals surface area (Å²) in [5.41, 5.74) is 3.55. The molecule has 0 amide bonds. The molecular weight excluding hydrogens is 274 g/mol. The Bertz CT molecular complexity index is 766. The molecule has 0 radical (unpaired) electrons. The molecule has 0 saturated heterocycles. The van der Waals surface area contributed by atoms with E-state index in [0.29, 0.717) is 12.6 Å². The molecule has 1 aromatic heterocycles. The number of rotatable bonds is 4. The van der Waals surface area contributed by atoms with Crippen molar-refractivity contribution in [1.82, 2.24) is 14.9 Å². The Morgan fingerprint density at radius 2 is 1.91 bits per heavy atom. The molecule has 0 fully saturated rings. The van der Waals surface area contributed by atoms with Gasteiger partial charge in [0.1, 0.15) is 12.4 Å². The van der Waals surface area contributed by atoms with Gasteiger partial charge in [-0.25, -0.2) is 4.98 Å². The standard InChI is InChI=1S/C18H19N3O/c1-2-6-14(7-3-1)10-19-11-15-12-22-13-18-20-16-8-4-5-9-17(16)21(15)18/h1-9,15,19H,10-13H2/t15-/m0/s1. The van der Waals surface area contributed by atoms with Crippen LogP contribution in [-0.2, 0) is 17.9 Å². The largest absolute Gasteiger partial charge is 0.371 e. The molecule has 4 nitrogen and oxygen atoms in total. The van der Waals surface area contributed by atoms with E-state index < -0.39 is 0 Å². The maximum atomic E-state index is 5.72. The van der Waals surface area contributed by atoms with Gasteiger partial charge in [-0.05, 0) is 17.7 Å². The van der Waals surface area contributed by atoms with Crippen LogP contribution in [0.25, 0.3) is 11.0 Å². The molecule has 1 aliphatic rings. The van der Waals surface area contributed by atoms with Crippen molar-refractivity contribution in [3.8, 4) is 0 Å². The molecular formula is C18H19N3O. The van der Waals surface area contributed by atoms with Gasteiger partial charge in [-0.15, -0.1) is 0 Å². The number of para-hydroxylation sites is 2. The number of fused-ring (bicyclic) bond motifs is 3. The van der Waals surface area contributed by atoms with Gasteiger partial charge in [-0.2, -0.15) is 0 Å². The van der Waals surface area contributed by atoms with Gasteiger partial charge in [0.25, 0.3) is 0 Å². The van der Waals surface area contributed by atoms with Crippen LogP contribution >= 0.6 is 0 Å². The molecule has 2 heterocycles. The third-order valence-electron chi connectivity index (χ3n) is 4.13. The van der Waals surface area contributed by atoms with E-state index in [9.17, 15) is 0 Å². The lowest BCUT2D eigenvalue weighted by atomic mass is 10.2. The molecule has 3 aromatic rings. The van der Waals surface area contributed by atoms with Crippen LogP contribution in [0.4, 0.5) is 0 Å². The number of benzene rings is 2. The molecule has 1 N–H and O–H groups in total. The number of hydrogen-bond acceptors (Lipinski definition) is 3. The third-order valence-corrected chi connectivity index (χ3v) is 4.13. The molecule has 2 aromatic carbocycles. The van der Waals surface area contributed by atoms with Gasteiger partial charge < -0.3 is 14.6 Å². The summed E-state index contributed by atoms with van der Waals surface area (Å²) in [6.07, 6.45) is 0. The molecule has 4 heteroatoms. The first kappa shape index (κ1) is 13.5. The van der Waals surface area contributed by atoms with Crippen LogP contribution in [0.3, 0.4) is 0 Å². The van der Waals surface area contributed by atoms with Gasteiger partial charge in [0.15, 0.2) is 0 Å². The van der Waals surface area contributed by atoms with E-state index in [1.54, 1.807) is 0 Å². The molecule has 0 spiro atoms. The van der Waals surface area contributed by atoms with E-state index >= 15 is 0 Å². The Balaban J connectivity index is 1.52. The zero-order valence-electron chi connectivity index (χ0n) is 12.4. The lowest BCUT2D eigenvalue weighted by Crippen LogP contribution is -2.32. The number of hydrogen-bond donors (Lipinski definition) is 1. The fraction of sp³-hybridized carbons (Fsp3) is 0.278. The fourth-order valence-electron chi connectivity index (χ4n) is 3.09. The van der Waals surface area contributed by atoms with E-state index in [1.165, 1.54) is 11.1 Å². The first-order valence-electron chi connectivity index (χ1n) is 7.70. The number of nitrogens with zero attached hydrogens (tertiary/aromatic N) is 2. The summed E-state index contributed by atoms with van der Waals surface area (Å²) in [6.45, 7) is 3.08. The number of aromatic nitrogens is 2. The highest BCUT2D eigenvalue weighted by Gasteiger charge is 2.23. The molecule has 4 rings (SSSR count). The van der Waals surface area contributed by atoms with Crippen molar-refractivity contribution >= 4 is 11.0 Å². The molecule has 0 aliphatic carbocycles. The Morgan fingerprint density at radius 1 is 1.09 bits per heavy atom. The third kappa shape index (κ3) is 2.51. The summed E-state index contributed by atoms with van der Waals surface area (Å²) in [5, 5.41) is 3.54. The fourth-order valence-corrected chi connectivity index (χ4v) is 3.09. The van der Waals surface area contributed by atoms with Crippen molar-refractivity contribution in [2.75, 3.05) is 13.2 Å². The molecule has 0 bridgehead atoms. The second-order valence-corrected chi connectivity index (χ2v) is 5.67. The van der Waals surface area contributed by atoms with Gasteiger partial charge in [-0.1, -0.05) is 42.5 Å². The smallest absolute Gasteiger partial charge is 0.136 e. The van der Waals surface area contributed by atoms with Crippen LogP contribution in [0, 0.1) is 0 Å². The van der Waals surface area contributed by atoms with Crippen LogP contribution in [0.2, 0.25) is 0 Å². The zero-order chi connectivity index (χ0) is 14.8. The van der Waals surface area contributed by atoms with Crippen molar-refractivity contribution < 1.29 is 4.74 Å². The van der Waals surface area contributed by atoms with Crippen molar-refractivity contribution in [3.05, 3.63) is 66.0 Å². The minimum absolute atomic E-state index is 0.292. The van der Waals surface area contributed by atoms with Gasteiger partial charge in [-0.3, -0.25) is 0 Å². The van der Waals surface area contributed by atoms with Gasteiger partial charge in [0.05, 0.1) is 23.7 Å². The van der Waals surface area contributed by atoms with Crippen LogP contribution < -0.4 is 5.32 Å². The van der Waals surface area contributed by atoms with Crippen LogP contribution in [-0.4, -0.2) is 22.7 Å². The SMILES string of the molecule is c1ccc(CNC[C@H]2COCc3nc4ccccc4n32)cc1. The van der Waals surface area contributed by atoms with Crippen LogP contribution in [0.15, 0.2) is 54.6 Å². The van der Waals surface area contributed by atoms with Gasteiger partial charge >= 0.3 is 0 Å². The highest BCUT2D eigenvalue weighted by Crippen LogP contribution is 2.25. The van der Waals surface area contributed by atoms with E-state index in [-0.39, 0.29) is 0 Å². The van der Waals surface area contributed by atoms with E-state index in [2.05, 4.69) is 57.3 Å². The number of ether oxygens (including phenoxy) is 1. The quantitative estimate of drug-likeness (QED) is 0.804. The summed E-state index contributed by atoms with van der Waals surface area (Å²) in [5.74, 6) is 1.03. The topological polar surface area (TPSA) is 39.1 Å². The maximum Gasteiger partial charge on any atom is 0.136 e. The first-order valence-corrected chi connectivity index (χ1v) is 7.70. The monoisotopic (exact) mass is 293 g/mol. The Labute approximate surface area is 129 Å². The first-order chi connectivity index (χ1) is 10.9. The van der Waals surface area contributed by atoms with E-state index in [4.69, 9.17) is 4.74 Å². The normalized spacial score (nSPS) is 17.5. The van der Waals surface area contributed by atoms with Crippen molar-refractivity contribution in [3.63, 3.8) is 0 Å². The van der Waals surface area contributed by atoms with Crippen LogP contribution in [0.5, 0.6) is 0 Å². The number of nitrogens with one attached hydrogen (secondary N) is 1. The minimum Gasteiger partial charge on any atom is -0.371 e. The number of imidazole rings is 1. The van der Waals surface area contributed by atoms with Gasteiger partial charge in [0, 0.05) is 13.1 Å². The summed E-state index contributed by atoms with van der Waals surface area (Å²) >= 11 is 0. The molecule has 22 heavy (non-hydrogen) atoms. The van der Waals surface area contributed by atoms with E-state index in [0.717, 1.165) is 31.0 Å². The van der Waals surface area contributed by atoms with Crippen molar-refractivity contribution in [1.29, 1.82) is 0 Å². The average Bonchev–Trinajstić information content (AvgIpc) is 2.95. The summed E-state index contributed by atoms with van der Waals surface area (Å²) in [4.78, 5) is 4.68. The maximum absolute atomic E-state index is 5.72. The van der Waals surface area contributed by atoms with E-state index in [1.807, 2.05) is 12.1 Å². The molecule has 1 aliphatic heterocycles. The zero-order valence-corrected chi connectivity index (χ0v) is 12.4. The highest BCUT2D eigenvalue weighted by molar-refractivity contribution is 5.76. The predicted octanol–water partition coefficient (Wildman–Crippen LogP) is 2.90. The van der Waals surface area contributed by atoms with Crippen LogP contribution in [0.1, 0.15) is 17.4 Å². The Kier molecular flexibility index (Phi) is 3.62. The Morgan fingerprint density at radius 3 is 2.82 bits per heavy atom. The van der Waals surface area contributed by atoms with Crippen molar-refractivity contribution in [2.24, 2.45) is 0 Å². The summed E-state index contributed by atoms with van der Waals surface area (Å²) in [7, 11) is 0. The molecule has 0 unspecified atom stereocenters. The molecule has 112 valence electrons.